The average molecular weight is 290 g/mol. The first-order valence-electron chi connectivity index (χ1n) is 5.58. The van der Waals surface area contributed by atoms with Gasteiger partial charge >= 0.3 is 0 Å². The monoisotopic (exact) mass is 290 g/mol. The van der Waals surface area contributed by atoms with Crippen molar-refractivity contribution >= 4 is 33.9 Å². The molecule has 9 heteroatoms. The molecule has 3 aromatic rings. The van der Waals surface area contributed by atoms with E-state index in [1.54, 1.807) is 30.6 Å². The summed E-state index contributed by atoms with van der Waals surface area (Å²) in [6.45, 7) is 0. The lowest BCUT2D eigenvalue weighted by molar-refractivity contribution is 0.564. The van der Waals surface area contributed by atoms with Crippen LogP contribution in [0.25, 0.3) is 11.2 Å². The predicted molar refractivity (Wildman–Crippen MR) is 74.4 cm³/mol. The molecule has 1 unspecified atom stereocenters. The van der Waals surface area contributed by atoms with Crippen molar-refractivity contribution < 1.29 is 8.39 Å². The van der Waals surface area contributed by atoms with Gasteiger partial charge in [0.25, 0.3) is 11.3 Å². The summed E-state index contributed by atoms with van der Waals surface area (Å²) in [7, 11) is 0. The van der Waals surface area contributed by atoms with Gasteiger partial charge in [0.05, 0.1) is 6.33 Å². The number of hydrogen-bond acceptors (Lipinski definition) is 6. The van der Waals surface area contributed by atoms with Crippen LogP contribution in [0.1, 0.15) is 0 Å². The third kappa shape index (κ3) is 2.58. The molecule has 2 aromatic heterocycles. The molecule has 102 valence electrons. The second-order valence-electron chi connectivity index (χ2n) is 3.82. The Kier molecular flexibility index (Phi) is 3.27. The van der Waals surface area contributed by atoms with Gasteiger partial charge < -0.3 is 14.5 Å². The van der Waals surface area contributed by atoms with Crippen LogP contribution in [0.4, 0.5) is 11.5 Å². The molecule has 1 atom stereocenters. The standard InChI is InChI=1S/C11H10N6O2S/c12-20(18)19-8-3-1-7(2-4-8)17-11-9-10(14-5-13-9)15-6-16-11/h1-6H,12H2,(H2,13,14,15,16,17). The summed E-state index contributed by atoms with van der Waals surface area (Å²) in [6, 6.07) is 6.82. The Labute approximate surface area is 116 Å². The molecule has 0 amide bonds. The molecular weight excluding hydrogens is 280 g/mol. The van der Waals surface area contributed by atoms with E-state index in [0.717, 1.165) is 11.2 Å². The number of rotatable bonds is 4. The molecule has 0 bridgehead atoms. The first kappa shape index (κ1) is 12.5. The zero-order valence-corrected chi connectivity index (χ0v) is 10.9. The molecule has 4 N–H and O–H groups in total. The van der Waals surface area contributed by atoms with Gasteiger partial charge in [-0.2, -0.15) is 4.21 Å². The summed E-state index contributed by atoms with van der Waals surface area (Å²) in [4.78, 5) is 15.2. The molecule has 0 saturated carbocycles. The Bertz CT molecular complexity index is 757. The second kappa shape index (κ2) is 5.23. The summed E-state index contributed by atoms with van der Waals surface area (Å²) in [6.07, 6.45) is 2.98. The van der Waals surface area contributed by atoms with Crippen molar-refractivity contribution in [3.63, 3.8) is 0 Å². The minimum Gasteiger partial charge on any atom is -0.389 e. The van der Waals surface area contributed by atoms with E-state index in [-0.39, 0.29) is 0 Å². The summed E-state index contributed by atoms with van der Waals surface area (Å²) in [5.41, 5.74) is 2.09. The van der Waals surface area contributed by atoms with Gasteiger partial charge in [-0.1, -0.05) is 0 Å². The van der Waals surface area contributed by atoms with E-state index in [0.29, 0.717) is 17.2 Å². The number of aromatic nitrogens is 4. The minimum absolute atomic E-state index is 0.422. The predicted octanol–water partition coefficient (Wildman–Crippen LogP) is 1.01. The summed E-state index contributed by atoms with van der Waals surface area (Å²) < 4.78 is 15.6. The van der Waals surface area contributed by atoms with Gasteiger partial charge in [-0.25, -0.2) is 20.1 Å². The molecule has 0 aliphatic rings. The number of nitrogens with one attached hydrogen (secondary N) is 2. The van der Waals surface area contributed by atoms with E-state index in [9.17, 15) is 4.21 Å². The van der Waals surface area contributed by atoms with Crippen LogP contribution in [0.15, 0.2) is 36.9 Å². The van der Waals surface area contributed by atoms with Crippen molar-refractivity contribution in [3.05, 3.63) is 36.9 Å². The fraction of sp³-hybridized carbons (Fsp3) is 0. The van der Waals surface area contributed by atoms with Crippen LogP contribution >= 0.6 is 0 Å². The highest BCUT2D eigenvalue weighted by Gasteiger charge is 2.06. The number of aromatic amines is 1. The maximum absolute atomic E-state index is 10.7. The van der Waals surface area contributed by atoms with Crippen molar-refractivity contribution in [2.45, 2.75) is 0 Å². The fourth-order valence-electron chi connectivity index (χ4n) is 1.69. The molecule has 0 radical (unpaired) electrons. The van der Waals surface area contributed by atoms with Crippen molar-refractivity contribution in [3.8, 4) is 5.75 Å². The fourth-order valence-corrected chi connectivity index (χ4v) is 1.99. The van der Waals surface area contributed by atoms with E-state index >= 15 is 0 Å². The van der Waals surface area contributed by atoms with Crippen molar-refractivity contribution in [1.29, 1.82) is 0 Å². The normalized spacial score (nSPS) is 12.2. The third-order valence-electron chi connectivity index (χ3n) is 2.52. The highest BCUT2D eigenvalue weighted by Crippen LogP contribution is 2.22. The maximum atomic E-state index is 10.7. The van der Waals surface area contributed by atoms with Crippen molar-refractivity contribution in [2.24, 2.45) is 5.14 Å². The van der Waals surface area contributed by atoms with E-state index in [4.69, 9.17) is 9.32 Å². The molecule has 0 fully saturated rings. The maximum Gasteiger partial charge on any atom is 0.285 e. The van der Waals surface area contributed by atoms with Gasteiger partial charge in [-0.05, 0) is 24.3 Å². The molecule has 0 spiro atoms. The topological polar surface area (TPSA) is 119 Å². The van der Waals surface area contributed by atoms with Crippen LogP contribution in [-0.2, 0) is 11.3 Å². The van der Waals surface area contributed by atoms with Crippen LogP contribution < -0.4 is 14.6 Å². The van der Waals surface area contributed by atoms with Gasteiger partial charge in [0.15, 0.2) is 11.5 Å². The number of benzene rings is 1. The number of hydrogen-bond donors (Lipinski definition) is 3. The van der Waals surface area contributed by atoms with Crippen LogP contribution in [-0.4, -0.2) is 24.1 Å². The molecule has 20 heavy (non-hydrogen) atoms. The Hall–Kier alpha value is -2.52. The van der Waals surface area contributed by atoms with Crippen molar-refractivity contribution in [2.75, 3.05) is 5.32 Å². The van der Waals surface area contributed by atoms with Gasteiger partial charge in [-0.3, -0.25) is 0 Å². The third-order valence-corrected chi connectivity index (χ3v) is 2.88. The molecule has 2 heterocycles. The van der Waals surface area contributed by atoms with Crippen LogP contribution in [0.5, 0.6) is 5.75 Å². The lowest BCUT2D eigenvalue weighted by atomic mass is 10.3. The molecular formula is C11H10N6O2S. The molecule has 0 aliphatic heterocycles. The smallest absolute Gasteiger partial charge is 0.285 e. The van der Waals surface area contributed by atoms with E-state index in [1.165, 1.54) is 6.33 Å². The summed E-state index contributed by atoms with van der Waals surface area (Å²) in [5.74, 6) is 1.04. The number of fused-ring (bicyclic) bond motifs is 1. The van der Waals surface area contributed by atoms with Gasteiger partial charge in [0.2, 0.25) is 0 Å². The first-order chi connectivity index (χ1) is 9.72. The highest BCUT2D eigenvalue weighted by atomic mass is 32.2. The number of nitrogens with two attached hydrogens (primary N) is 1. The quantitative estimate of drug-likeness (QED) is 0.660. The lowest BCUT2D eigenvalue weighted by Gasteiger charge is -2.06. The average Bonchev–Trinajstić information content (AvgIpc) is 2.90. The largest absolute Gasteiger partial charge is 0.389 e. The molecule has 3 rings (SSSR count). The van der Waals surface area contributed by atoms with Crippen LogP contribution in [0, 0.1) is 0 Å². The van der Waals surface area contributed by atoms with Crippen LogP contribution in [0.3, 0.4) is 0 Å². The SMILES string of the molecule is NS(=O)Oc1ccc(Nc2ncnc3nc[nH]c23)cc1. The van der Waals surface area contributed by atoms with E-state index in [1.807, 2.05) is 0 Å². The van der Waals surface area contributed by atoms with E-state index in [2.05, 4.69) is 25.3 Å². The first-order valence-corrected chi connectivity index (χ1v) is 6.72. The second-order valence-corrected chi connectivity index (χ2v) is 4.50. The minimum atomic E-state index is -1.83. The molecule has 8 nitrogen and oxygen atoms in total. The number of H-pyrrole nitrogens is 1. The molecule has 0 saturated heterocycles. The Balaban J connectivity index is 1.84. The highest BCUT2D eigenvalue weighted by molar-refractivity contribution is 7.78. The van der Waals surface area contributed by atoms with Gasteiger partial charge in [-0.15, -0.1) is 0 Å². The lowest BCUT2D eigenvalue weighted by Crippen LogP contribution is -2.09. The number of nitrogens with zero attached hydrogens (tertiary/aromatic N) is 3. The Morgan fingerprint density at radius 1 is 1.20 bits per heavy atom. The van der Waals surface area contributed by atoms with Crippen molar-refractivity contribution in [1.82, 2.24) is 19.9 Å². The summed E-state index contributed by atoms with van der Waals surface area (Å²) in [5, 5.41) is 8.17. The van der Waals surface area contributed by atoms with Crippen LogP contribution in [0.2, 0.25) is 0 Å². The number of anilines is 2. The van der Waals surface area contributed by atoms with Gasteiger partial charge in [0.1, 0.15) is 17.6 Å². The summed E-state index contributed by atoms with van der Waals surface area (Å²) >= 11 is -1.83. The number of imidazole rings is 1. The Morgan fingerprint density at radius 2 is 2.00 bits per heavy atom. The van der Waals surface area contributed by atoms with E-state index < -0.39 is 11.3 Å². The zero-order valence-electron chi connectivity index (χ0n) is 10.1. The molecule has 1 aromatic carbocycles. The molecule has 0 aliphatic carbocycles. The zero-order chi connectivity index (χ0) is 13.9. The van der Waals surface area contributed by atoms with Gasteiger partial charge in [0, 0.05) is 5.69 Å². The Morgan fingerprint density at radius 3 is 2.75 bits per heavy atom.